The lowest BCUT2D eigenvalue weighted by atomic mass is 9.99. The van der Waals surface area contributed by atoms with Crippen LogP contribution in [0.3, 0.4) is 0 Å². The zero-order valence-corrected chi connectivity index (χ0v) is 12.3. The van der Waals surface area contributed by atoms with E-state index >= 15 is 0 Å². The summed E-state index contributed by atoms with van der Waals surface area (Å²) in [4.78, 5) is 17.8. The van der Waals surface area contributed by atoms with Crippen LogP contribution < -0.4 is 4.90 Å². The first-order valence-electron chi connectivity index (χ1n) is 7.14. The lowest BCUT2D eigenvalue weighted by molar-refractivity contribution is 0.0695. The molecule has 1 N–H and O–H groups in total. The van der Waals surface area contributed by atoms with Gasteiger partial charge in [-0.25, -0.2) is 9.78 Å². The molecule has 0 amide bonds. The van der Waals surface area contributed by atoms with Crippen molar-refractivity contribution >= 4 is 17.5 Å². The Balaban J connectivity index is 2.03. The van der Waals surface area contributed by atoms with Crippen molar-refractivity contribution in [3.8, 4) is 0 Å². The molecule has 0 atom stereocenters. The van der Waals surface area contributed by atoms with Crippen molar-refractivity contribution in [1.29, 1.82) is 0 Å². The lowest BCUT2D eigenvalue weighted by Gasteiger charge is -2.31. The normalized spacial score (nSPS) is 13.9. The fourth-order valence-corrected chi connectivity index (χ4v) is 2.89. The van der Waals surface area contributed by atoms with Gasteiger partial charge in [-0.3, -0.25) is 0 Å². The van der Waals surface area contributed by atoms with Gasteiger partial charge in [0.2, 0.25) is 0 Å². The molecule has 0 fully saturated rings. The van der Waals surface area contributed by atoms with Crippen LogP contribution >= 0.6 is 0 Å². The van der Waals surface area contributed by atoms with Gasteiger partial charge in [-0.2, -0.15) is 0 Å². The summed E-state index contributed by atoms with van der Waals surface area (Å²) in [7, 11) is 0. The average molecular weight is 282 g/mol. The third kappa shape index (κ3) is 2.49. The summed E-state index contributed by atoms with van der Waals surface area (Å²) in [6.45, 7) is 4.76. The van der Waals surface area contributed by atoms with Crippen LogP contribution in [0.5, 0.6) is 0 Å². The molecule has 0 spiro atoms. The van der Waals surface area contributed by atoms with Gasteiger partial charge in [0.1, 0.15) is 5.82 Å². The molecule has 21 heavy (non-hydrogen) atoms. The molecule has 4 nitrogen and oxygen atoms in total. The Morgan fingerprint density at radius 3 is 2.76 bits per heavy atom. The minimum Gasteiger partial charge on any atom is -0.478 e. The molecule has 2 aromatic rings. The van der Waals surface area contributed by atoms with Crippen molar-refractivity contribution in [2.45, 2.75) is 26.7 Å². The number of hydrogen-bond acceptors (Lipinski definition) is 3. The van der Waals surface area contributed by atoms with Crippen molar-refractivity contribution in [2.75, 3.05) is 11.4 Å². The quantitative estimate of drug-likeness (QED) is 0.916. The van der Waals surface area contributed by atoms with Crippen LogP contribution in [0.1, 0.15) is 33.6 Å². The predicted molar refractivity (Wildman–Crippen MR) is 82.4 cm³/mol. The van der Waals surface area contributed by atoms with Gasteiger partial charge in [-0.15, -0.1) is 0 Å². The van der Waals surface area contributed by atoms with Gasteiger partial charge in [0.25, 0.3) is 0 Å². The molecule has 0 unspecified atom stereocenters. The van der Waals surface area contributed by atoms with E-state index in [4.69, 9.17) is 5.11 Å². The Bertz CT molecular complexity index is 710. The van der Waals surface area contributed by atoms with E-state index < -0.39 is 5.97 Å². The lowest BCUT2D eigenvalue weighted by Crippen LogP contribution is -2.25. The third-order valence-corrected chi connectivity index (χ3v) is 3.93. The van der Waals surface area contributed by atoms with Crippen molar-refractivity contribution in [3.05, 3.63) is 52.7 Å². The largest absolute Gasteiger partial charge is 0.478 e. The van der Waals surface area contributed by atoms with E-state index in [-0.39, 0.29) is 5.56 Å². The zero-order chi connectivity index (χ0) is 15.0. The standard InChI is InChI=1S/C17H18N2O2/c1-11-5-7-15-13(10-11)4-3-9-19(15)16-8-6-14(17(20)21)12(2)18-16/h5-8,10H,3-4,9H2,1-2H3,(H,20,21). The van der Waals surface area contributed by atoms with Gasteiger partial charge in [0.05, 0.1) is 11.3 Å². The van der Waals surface area contributed by atoms with Gasteiger partial charge in [0.15, 0.2) is 0 Å². The summed E-state index contributed by atoms with van der Waals surface area (Å²) in [6.07, 6.45) is 2.16. The van der Waals surface area contributed by atoms with Crippen LogP contribution in [0.25, 0.3) is 0 Å². The number of carboxylic acid groups (broad SMARTS) is 1. The van der Waals surface area contributed by atoms with Gasteiger partial charge < -0.3 is 10.0 Å². The summed E-state index contributed by atoms with van der Waals surface area (Å²) in [5.41, 5.74) is 4.60. The van der Waals surface area contributed by atoms with Crippen LogP contribution in [0.15, 0.2) is 30.3 Å². The number of anilines is 2. The van der Waals surface area contributed by atoms with Gasteiger partial charge in [0, 0.05) is 12.2 Å². The smallest absolute Gasteiger partial charge is 0.337 e. The maximum Gasteiger partial charge on any atom is 0.337 e. The number of carboxylic acids is 1. The molecule has 0 aliphatic carbocycles. The second-order valence-corrected chi connectivity index (χ2v) is 5.49. The van der Waals surface area contributed by atoms with E-state index in [9.17, 15) is 4.79 Å². The van der Waals surface area contributed by atoms with Crippen molar-refractivity contribution in [2.24, 2.45) is 0 Å². The van der Waals surface area contributed by atoms with Crippen LogP contribution in [-0.4, -0.2) is 22.6 Å². The number of aromatic nitrogens is 1. The van der Waals surface area contributed by atoms with Gasteiger partial charge in [-0.05, 0) is 50.5 Å². The van der Waals surface area contributed by atoms with E-state index in [0.29, 0.717) is 5.69 Å². The zero-order valence-electron chi connectivity index (χ0n) is 12.3. The summed E-state index contributed by atoms with van der Waals surface area (Å²) < 4.78 is 0. The second kappa shape index (κ2) is 5.20. The highest BCUT2D eigenvalue weighted by atomic mass is 16.4. The number of carbonyl (C=O) groups is 1. The minimum atomic E-state index is -0.929. The highest BCUT2D eigenvalue weighted by Crippen LogP contribution is 2.33. The summed E-state index contributed by atoms with van der Waals surface area (Å²) in [6, 6.07) is 9.90. The Kier molecular flexibility index (Phi) is 3.37. The molecule has 1 aliphatic heterocycles. The van der Waals surface area contributed by atoms with E-state index in [0.717, 1.165) is 25.2 Å². The van der Waals surface area contributed by atoms with Crippen molar-refractivity contribution in [3.63, 3.8) is 0 Å². The van der Waals surface area contributed by atoms with Crippen LogP contribution in [0.4, 0.5) is 11.5 Å². The van der Waals surface area contributed by atoms with Crippen molar-refractivity contribution < 1.29 is 9.90 Å². The summed E-state index contributed by atoms with van der Waals surface area (Å²) in [5, 5.41) is 9.10. The summed E-state index contributed by atoms with van der Waals surface area (Å²) >= 11 is 0. The Labute approximate surface area is 124 Å². The molecular formula is C17H18N2O2. The Morgan fingerprint density at radius 1 is 1.24 bits per heavy atom. The van der Waals surface area contributed by atoms with E-state index in [1.165, 1.54) is 16.8 Å². The molecule has 1 aromatic carbocycles. The van der Waals surface area contributed by atoms with E-state index in [2.05, 4.69) is 35.0 Å². The minimum absolute atomic E-state index is 0.264. The first-order valence-corrected chi connectivity index (χ1v) is 7.14. The molecule has 0 saturated carbocycles. The fourth-order valence-electron chi connectivity index (χ4n) is 2.89. The van der Waals surface area contributed by atoms with Crippen LogP contribution in [-0.2, 0) is 6.42 Å². The fraction of sp³-hybridized carbons (Fsp3) is 0.294. The highest BCUT2D eigenvalue weighted by molar-refractivity contribution is 5.89. The Morgan fingerprint density at radius 2 is 2.05 bits per heavy atom. The number of benzene rings is 1. The first-order chi connectivity index (χ1) is 10.1. The average Bonchev–Trinajstić information content (AvgIpc) is 2.45. The number of rotatable bonds is 2. The third-order valence-electron chi connectivity index (χ3n) is 3.93. The number of fused-ring (bicyclic) bond motifs is 1. The molecule has 1 aliphatic rings. The molecular weight excluding hydrogens is 264 g/mol. The number of aromatic carboxylic acids is 1. The predicted octanol–water partition coefficient (Wildman–Crippen LogP) is 3.48. The van der Waals surface area contributed by atoms with Crippen molar-refractivity contribution in [1.82, 2.24) is 4.98 Å². The SMILES string of the molecule is Cc1ccc2c(c1)CCCN2c1ccc(C(=O)O)c(C)n1. The van der Waals surface area contributed by atoms with E-state index in [1.807, 2.05) is 0 Å². The molecule has 2 heterocycles. The maximum atomic E-state index is 11.1. The second-order valence-electron chi connectivity index (χ2n) is 5.49. The molecule has 4 heteroatoms. The van der Waals surface area contributed by atoms with Gasteiger partial charge in [-0.1, -0.05) is 17.7 Å². The molecule has 1 aromatic heterocycles. The molecule has 3 rings (SSSR count). The number of pyridine rings is 1. The molecule has 0 bridgehead atoms. The number of aryl methyl sites for hydroxylation is 3. The highest BCUT2D eigenvalue weighted by Gasteiger charge is 2.20. The number of nitrogens with zero attached hydrogens (tertiary/aromatic N) is 2. The number of hydrogen-bond donors (Lipinski definition) is 1. The molecule has 0 saturated heterocycles. The van der Waals surface area contributed by atoms with Gasteiger partial charge >= 0.3 is 5.97 Å². The molecule has 108 valence electrons. The Hall–Kier alpha value is -2.36. The first kappa shape index (κ1) is 13.6. The van der Waals surface area contributed by atoms with Crippen LogP contribution in [0, 0.1) is 13.8 Å². The molecule has 0 radical (unpaired) electrons. The topological polar surface area (TPSA) is 53.4 Å². The van der Waals surface area contributed by atoms with Crippen LogP contribution in [0.2, 0.25) is 0 Å². The van der Waals surface area contributed by atoms with E-state index in [1.54, 1.807) is 19.1 Å². The summed E-state index contributed by atoms with van der Waals surface area (Å²) in [5.74, 6) is -0.108. The monoisotopic (exact) mass is 282 g/mol. The maximum absolute atomic E-state index is 11.1.